The van der Waals surface area contributed by atoms with Crippen LogP contribution in [0.3, 0.4) is 0 Å². The summed E-state index contributed by atoms with van der Waals surface area (Å²) in [5, 5.41) is 5.96. The van der Waals surface area contributed by atoms with Gasteiger partial charge in [0.05, 0.1) is 33.6 Å². The molecule has 0 saturated carbocycles. The smallest absolute Gasteiger partial charge is 0.160 e. The lowest BCUT2D eigenvalue weighted by Gasteiger charge is -2.15. The van der Waals surface area contributed by atoms with Crippen LogP contribution in [0.15, 0.2) is 206 Å². The maximum atomic E-state index is 5.18. The first kappa shape index (κ1) is 32.7. The Balaban J connectivity index is 1.04. The molecule has 0 saturated heterocycles. The molecule has 266 valence electrons. The molecule has 3 heterocycles. The van der Waals surface area contributed by atoms with Gasteiger partial charge >= 0.3 is 0 Å². The van der Waals surface area contributed by atoms with Crippen molar-refractivity contribution in [1.82, 2.24) is 19.5 Å². The molecule has 0 amide bonds. The van der Waals surface area contributed by atoms with Gasteiger partial charge in [-0.1, -0.05) is 170 Å². The van der Waals surface area contributed by atoms with E-state index in [0.29, 0.717) is 5.82 Å². The van der Waals surface area contributed by atoms with E-state index >= 15 is 0 Å². The van der Waals surface area contributed by atoms with Crippen LogP contribution in [0.2, 0.25) is 0 Å². The van der Waals surface area contributed by atoms with Gasteiger partial charge in [-0.3, -0.25) is 0 Å². The van der Waals surface area contributed by atoms with Crippen LogP contribution in [0.4, 0.5) is 0 Å². The van der Waals surface area contributed by atoms with Crippen molar-refractivity contribution >= 4 is 43.5 Å². The van der Waals surface area contributed by atoms with E-state index in [1.54, 1.807) is 0 Å². The maximum Gasteiger partial charge on any atom is 0.160 e. The Morgan fingerprint density at radius 3 is 1.60 bits per heavy atom. The first-order chi connectivity index (χ1) is 28.3. The lowest BCUT2D eigenvalue weighted by atomic mass is 9.92. The number of aromatic nitrogens is 4. The summed E-state index contributed by atoms with van der Waals surface area (Å²) in [6, 6.07) is 72.6. The summed E-state index contributed by atoms with van der Waals surface area (Å²) in [5.74, 6) is 0.691. The second-order valence-corrected chi connectivity index (χ2v) is 14.4. The van der Waals surface area contributed by atoms with Crippen molar-refractivity contribution < 1.29 is 0 Å². The number of nitrogens with zero attached hydrogens (tertiary/aromatic N) is 4. The van der Waals surface area contributed by atoms with Crippen molar-refractivity contribution in [3.05, 3.63) is 206 Å². The van der Waals surface area contributed by atoms with Crippen LogP contribution >= 0.6 is 0 Å². The highest BCUT2D eigenvalue weighted by Crippen LogP contribution is 2.40. The molecule has 4 nitrogen and oxygen atoms in total. The molecule has 3 aromatic heterocycles. The number of fused-ring (bicyclic) bond motifs is 6. The Labute approximate surface area is 330 Å². The number of para-hydroxylation sites is 3. The number of pyridine rings is 1. The molecule has 0 aliphatic rings. The van der Waals surface area contributed by atoms with Crippen molar-refractivity contribution in [3.63, 3.8) is 0 Å². The average Bonchev–Trinajstić information content (AvgIpc) is 3.63. The van der Waals surface area contributed by atoms with E-state index in [-0.39, 0.29) is 0 Å². The maximum absolute atomic E-state index is 5.18. The first-order valence-corrected chi connectivity index (χ1v) is 19.3. The number of rotatable bonds is 6. The molecule has 0 N–H and O–H groups in total. The average molecular weight is 727 g/mol. The minimum absolute atomic E-state index is 0.691. The van der Waals surface area contributed by atoms with Gasteiger partial charge < -0.3 is 4.57 Å². The van der Waals surface area contributed by atoms with Crippen molar-refractivity contribution in [3.8, 4) is 62.0 Å². The van der Waals surface area contributed by atoms with Crippen LogP contribution in [0, 0.1) is 0 Å². The van der Waals surface area contributed by atoms with Gasteiger partial charge in [-0.2, -0.15) is 0 Å². The van der Waals surface area contributed by atoms with Crippen LogP contribution in [0.1, 0.15) is 0 Å². The molecule has 8 aromatic carbocycles. The quantitative estimate of drug-likeness (QED) is 0.160. The minimum Gasteiger partial charge on any atom is -0.309 e. The van der Waals surface area contributed by atoms with Gasteiger partial charge in [0, 0.05) is 54.9 Å². The molecule has 0 unspecified atom stereocenters. The number of hydrogen-bond donors (Lipinski definition) is 0. The lowest BCUT2D eigenvalue weighted by molar-refractivity contribution is 1.16. The van der Waals surface area contributed by atoms with Crippen LogP contribution in [-0.4, -0.2) is 19.5 Å². The molecule has 0 aliphatic heterocycles. The second-order valence-electron chi connectivity index (χ2n) is 14.4. The van der Waals surface area contributed by atoms with Crippen molar-refractivity contribution in [2.24, 2.45) is 0 Å². The zero-order chi connectivity index (χ0) is 37.7. The molecular weight excluding hydrogens is 693 g/mol. The Hall–Kier alpha value is -7.69. The van der Waals surface area contributed by atoms with E-state index in [1.807, 2.05) is 24.3 Å². The third-order valence-electron chi connectivity index (χ3n) is 11.0. The highest BCUT2D eigenvalue weighted by Gasteiger charge is 2.17. The van der Waals surface area contributed by atoms with Crippen LogP contribution in [-0.2, 0) is 0 Å². The highest BCUT2D eigenvalue weighted by molar-refractivity contribution is 6.17. The van der Waals surface area contributed by atoms with E-state index in [4.69, 9.17) is 15.0 Å². The Morgan fingerprint density at radius 2 is 0.877 bits per heavy atom. The fourth-order valence-electron chi connectivity index (χ4n) is 8.34. The Morgan fingerprint density at radius 1 is 0.333 bits per heavy atom. The van der Waals surface area contributed by atoms with Crippen LogP contribution in [0.5, 0.6) is 0 Å². The molecule has 4 heteroatoms. The summed E-state index contributed by atoms with van der Waals surface area (Å²) < 4.78 is 2.35. The third-order valence-corrected chi connectivity index (χ3v) is 11.0. The predicted molar refractivity (Wildman–Crippen MR) is 236 cm³/mol. The largest absolute Gasteiger partial charge is 0.309 e. The molecule has 11 rings (SSSR count). The molecule has 11 aromatic rings. The molecule has 0 spiro atoms. The first-order valence-electron chi connectivity index (χ1n) is 19.3. The third kappa shape index (κ3) is 5.66. The Kier molecular flexibility index (Phi) is 7.78. The van der Waals surface area contributed by atoms with Gasteiger partial charge in [0.25, 0.3) is 0 Å². The van der Waals surface area contributed by atoms with Gasteiger partial charge in [0.2, 0.25) is 0 Å². The normalized spacial score (nSPS) is 11.5. The molecular formula is C53H34N4. The summed E-state index contributed by atoms with van der Waals surface area (Å²) in [7, 11) is 0. The molecule has 0 fully saturated rings. The molecule has 57 heavy (non-hydrogen) atoms. The predicted octanol–water partition coefficient (Wildman–Crippen LogP) is 13.6. The fraction of sp³-hybridized carbons (Fsp3) is 0. The summed E-state index contributed by atoms with van der Waals surface area (Å²) in [6.45, 7) is 0. The van der Waals surface area contributed by atoms with Crippen molar-refractivity contribution in [1.29, 1.82) is 0 Å². The van der Waals surface area contributed by atoms with E-state index in [0.717, 1.165) is 66.9 Å². The second kappa shape index (κ2) is 13.6. The standard InChI is InChI=1S/C53H34N4/c1-3-15-37(16-4-1)52-45-25-14-24-41(51(45)44-23-7-10-26-46(44)54-52)35-29-31-36(32-30-35)47-34-48(56-53(55-47)38-17-5-2-6-18-38)39-19-13-20-40(33-39)57-49-27-11-8-21-42(49)43-22-9-12-28-50(43)57/h1-34H. The van der Waals surface area contributed by atoms with Gasteiger partial charge in [-0.15, -0.1) is 0 Å². The zero-order valence-corrected chi connectivity index (χ0v) is 30.9. The molecule has 0 atom stereocenters. The molecule has 0 aliphatic carbocycles. The van der Waals surface area contributed by atoms with Gasteiger partial charge in [0.15, 0.2) is 5.82 Å². The van der Waals surface area contributed by atoms with E-state index in [2.05, 4.69) is 187 Å². The summed E-state index contributed by atoms with van der Waals surface area (Å²) in [5.41, 5.74) is 13.6. The number of hydrogen-bond acceptors (Lipinski definition) is 3. The van der Waals surface area contributed by atoms with Gasteiger partial charge in [-0.05, 0) is 47.5 Å². The minimum atomic E-state index is 0.691. The van der Waals surface area contributed by atoms with Crippen LogP contribution in [0.25, 0.3) is 105 Å². The van der Waals surface area contributed by atoms with Gasteiger partial charge in [-0.25, -0.2) is 15.0 Å². The van der Waals surface area contributed by atoms with E-state index in [9.17, 15) is 0 Å². The molecule has 0 radical (unpaired) electrons. The number of benzene rings is 8. The Bertz CT molecular complexity index is 3220. The summed E-state index contributed by atoms with van der Waals surface area (Å²) in [6.07, 6.45) is 0. The van der Waals surface area contributed by atoms with Gasteiger partial charge in [0.1, 0.15) is 0 Å². The fourth-order valence-corrected chi connectivity index (χ4v) is 8.34. The SMILES string of the molecule is c1ccc(-c2nc(-c3ccc(-c4cccc5c(-c6ccccc6)nc6ccccc6c45)cc3)cc(-c3cccc(-n4c5ccccc5c5ccccc54)c3)n2)cc1. The zero-order valence-electron chi connectivity index (χ0n) is 30.9. The lowest BCUT2D eigenvalue weighted by Crippen LogP contribution is -1.98. The van der Waals surface area contributed by atoms with E-state index in [1.165, 1.54) is 32.8 Å². The van der Waals surface area contributed by atoms with E-state index < -0.39 is 0 Å². The van der Waals surface area contributed by atoms with Crippen molar-refractivity contribution in [2.75, 3.05) is 0 Å². The summed E-state index contributed by atoms with van der Waals surface area (Å²) in [4.78, 5) is 15.5. The van der Waals surface area contributed by atoms with Crippen molar-refractivity contribution in [2.45, 2.75) is 0 Å². The monoisotopic (exact) mass is 726 g/mol. The van der Waals surface area contributed by atoms with Crippen LogP contribution < -0.4 is 0 Å². The highest BCUT2D eigenvalue weighted by atomic mass is 15.0. The topological polar surface area (TPSA) is 43.6 Å². The summed E-state index contributed by atoms with van der Waals surface area (Å²) >= 11 is 0. The molecule has 0 bridgehead atoms.